The minimum absolute atomic E-state index is 0.0176. The molecule has 0 rings (SSSR count). The molecule has 0 aliphatic rings. The normalized spacial score (nSPS) is 14.0. The van der Waals surface area contributed by atoms with Crippen LogP contribution in [0.4, 0.5) is 0 Å². The van der Waals surface area contributed by atoms with Crippen LogP contribution in [0.25, 0.3) is 0 Å². The van der Waals surface area contributed by atoms with E-state index in [4.69, 9.17) is 18.5 Å². The van der Waals surface area contributed by atoms with Crippen molar-refractivity contribution in [3.63, 3.8) is 0 Å². The lowest BCUT2D eigenvalue weighted by atomic mass is 10.1. The second-order valence-electron chi connectivity index (χ2n) is 14.0. The number of carbonyl (C=O) groups is 2. The molecule has 0 radical (unpaired) electrons. The summed E-state index contributed by atoms with van der Waals surface area (Å²) in [6.07, 6.45) is 31.5. The van der Waals surface area contributed by atoms with Gasteiger partial charge in [0.25, 0.3) is 0 Å². The first-order valence-electron chi connectivity index (χ1n) is 19.1. The minimum Gasteiger partial charge on any atom is -0.462 e. The summed E-state index contributed by atoms with van der Waals surface area (Å²) < 4.78 is 33.9. The Labute approximate surface area is 294 Å². The Balaban J connectivity index is 4.54. The van der Waals surface area contributed by atoms with Gasteiger partial charge in [-0.3, -0.25) is 13.8 Å². The molecule has 0 spiro atoms. The van der Waals surface area contributed by atoms with Crippen molar-refractivity contribution in [1.29, 1.82) is 0 Å². The van der Waals surface area contributed by atoms with Crippen molar-refractivity contribution < 1.29 is 42.1 Å². The van der Waals surface area contributed by atoms with Gasteiger partial charge in [0.1, 0.15) is 19.8 Å². The first kappa shape index (κ1) is 46.5. The third-order valence-corrected chi connectivity index (χ3v) is 9.08. The van der Waals surface area contributed by atoms with Gasteiger partial charge in [-0.2, -0.15) is 0 Å². The topological polar surface area (TPSA) is 108 Å². The lowest BCUT2D eigenvalue weighted by Gasteiger charge is -2.24. The van der Waals surface area contributed by atoms with E-state index < -0.39 is 32.5 Å². The minimum atomic E-state index is -4.39. The zero-order valence-corrected chi connectivity index (χ0v) is 32.4. The number of carbonyl (C=O) groups excluding carboxylic acids is 2. The van der Waals surface area contributed by atoms with Crippen molar-refractivity contribution in [2.45, 2.75) is 161 Å². The van der Waals surface area contributed by atoms with Gasteiger partial charge in [0, 0.05) is 12.5 Å². The van der Waals surface area contributed by atoms with Gasteiger partial charge in [-0.05, 0) is 19.3 Å². The fourth-order valence-electron chi connectivity index (χ4n) is 5.04. The highest BCUT2D eigenvalue weighted by atomic mass is 31.2. The third-order valence-electron chi connectivity index (χ3n) is 8.09. The molecule has 0 fully saturated rings. The van der Waals surface area contributed by atoms with E-state index in [-0.39, 0.29) is 19.6 Å². The third kappa shape index (κ3) is 34.4. The number of phosphoric ester groups is 1. The van der Waals surface area contributed by atoms with Crippen molar-refractivity contribution in [1.82, 2.24) is 0 Å². The van der Waals surface area contributed by atoms with Gasteiger partial charge in [-0.1, -0.05) is 148 Å². The summed E-state index contributed by atoms with van der Waals surface area (Å²) in [6, 6.07) is 0. The van der Waals surface area contributed by atoms with Crippen molar-refractivity contribution in [2.75, 3.05) is 47.5 Å². The molecule has 0 bridgehead atoms. The summed E-state index contributed by atoms with van der Waals surface area (Å²) >= 11 is 0. The number of quaternary nitrogens is 1. The monoisotopic (exact) mass is 703 g/mol. The summed E-state index contributed by atoms with van der Waals surface area (Å²) in [5, 5.41) is 0. The van der Waals surface area contributed by atoms with Crippen molar-refractivity contribution >= 4 is 19.8 Å². The standard InChI is InChI=1S/C38H72NO8P/c1-6-8-10-12-14-16-17-18-19-20-21-23-25-27-29-31-38(41)47-36(35-46-48(42,43)45-33-32-39(3,4)5)34-44-37(40)30-28-26-24-22-15-13-11-9-7-2/h25,27,29,31,36H,6-24,26,28,30,32-35H2,1-5H3/p+1/b27-25+,31-29+/t36-/m1/s1. The second kappa shape index (κ2) is 31.5. The Morgan fingerprint density at radius 2 is 1.19 bits per heavy atom. The summed E-state index contributed by atoms with van der Waals surface area (Å²) in [6.45, 7) is 4.26. The molecule has 1 unspecified atom stereocenters. The number of phosphoric acid groups is 1. The average molecular weight is 703 g/mol. The quantitative estimate of drug-likeness (QED) is 0.0176. The van der Waals surface area contributed by atoms with Crippen molar-refractivity contribution in [3.8, 4) is 0 Å². The molecule has 10 heteroatoms. The largest absolute Gasteiger partial charge is 0.472 e. The highest BCUT2D eigenvalue weighted by molar-refractivity contribution is 7.47. The zero-order valence-electron chi connectivity index (χ0n) is 31.5. The van der Waals surface area contributed by atoms with Gasteiger partial charge >= 0.3 is 19.8 Å². The summed E-state index contributed by atoms with van der Waals surface area (Å²) in [7, 11) is 1.43. The van der Waals surface area contributed by atoms with Crippen LogP contribution in [0.2, 0.25) is 0 Å². The molecule has 0 aromatic carbocycles. The molecule has 0 amide bonds. The first-order chi connectivity index (χ1) is 23.0. The van der Waals surface area contributed by atoms with Crippen LogP contribution in [-0.4, -0.2) is 74.9 Å². The number of rotatable bonds is 34. The average Bonchev–Trinajstić information content (AvgIpc) is 3.02. The number of likely N-dealkylation sites (N-methyl/N-ethyl adjacent to an activating group) is 1. The van der Waals surface area contributed by atoms with E-state index in [0.29, 0.717) is 11.0 Å². The van der Waals surface area contributed by atoms with Crippen LogP contribution in [0.15, 0.2) is 24.3 Å². The van der Waals surface area contributed by atoms with E-state index >= 15 is 0 Å². The summed E-state index contributed by atoms with van der Waals surface area (Å²) in [4.78, 5) is 34.9. The Morgan fingerprint density at radius 1 is 0.688 bits per heavy atom. The van der Waals surface area contributed by atoms with E-state index in [1.807, 2.05) is 33.3 Å². The fourth-order valence-corrected chi connectivity index (χ4v) is 5.78. The summed E-state index contributed by atoms with van der Waals surface area (Å²) in [5.74, 6) is -1.05. The highest BCUT2D eigenvalue weighted by Gasteiger charge is 2.26. The van der Waals surface area contributed by atoms with E-state index in [0.717, 1.165) is 32.1 Å². The number of unbranched alkanes of at least 4 members (excludes halogenated alkanes) is 19. The molecule has 0 heterocycles. The molecular formula is C38H73NO8P+. The highest BCUT2D eigenvalue weighted by Crippen LogP contribution is 2.43. The molecular weight excluding hydrogens is 629 g/mol. The molecule has 0 aliphatic carbocycles. The fraction of sp³-hybridized carbons (Fsp3) is 0.842. The van der Waals surface area contributed by atoms with Gasteiger partial charge in [0.15, 0.2) is 6.10 Å². The Hall–Kier alpha value is -1.51. The Kier molecular flexibility index (Phi) is 30.5. The van der Waals surface area contributed by atoms with E-state index in [2.05, 4.69) is 13.8 Å². The molecule has 0 saturated heterocycles. The lowest BCUT2D eigenvalue weighted by Crippen LogP contribution is -2.37. The molecule has 48 heavy (non-hydrogen) atoms. The lowest BCUT2D eigenvalue weighted by molar-refractivity contribution is -0.870. The van der Waals surface area contributed by atoms with Crippen LogP contribution < -0.4 is 0 Å². The molecule has 0 aromatic rings. The summed E-state index contributed by atoms with van der Waals surface area (Å²) in [5.41, 5.74) is 0. The van der Waals surface area contributed by atoms with E-state index in [1.165, 1.54) is 109 Å². The zero-order chi connectivity index (χ0) is 35.8. The van der Waals surface area contributed by atoms with Crippen molar-refractivity contribution in [3.05, 3.63) is 24.3 Å². The molecule has 282 valence electrons. The number of ether oxygens (including phenoxy) is 2. The number of allylic oxidation sites excluding steroid dienone is 3. The number of hydrogen-bond acceptors (Lipinski definition) is 7. The van der Waals surface area contributed by atoms with Crippen LogP contribution in [-0.2, 0) is 32.7 Å². The van der Waals surface area contributed by atoms with Crippen LogP contribution in [0, 0.1) is 0 Å². The smallest absolute Gasteiger partial charge is 0.462 e. The van der Waals surface area contributed by atoms with Gasteiger partial charge in [-0.15, -0.1) is 0 Å². The maximum atomic E-state index is 12.5. The Bertz CT molecular complexity index is 886. The molecule has 0 aliphatic heterocycles. The van der Waals surface area contributed by atoms with Crippen LogP contribution in [0.5, 0.6) is 0 Å². The van der Waals surface area contributed by atoms with E-state index in [1.54, 1.807) is 6.08 Å². The Morgan fingerprint density at radius 3 is 1.71 bits per heavy atom. The molecule has 0 aromatic heterocycles. The van der Waals surface area contributed by atoms with Crippen LogP contribution in [0.1, 0.15) is 155 Å². The van der Waals surface area contributed by atoms with E-state index in [9.17, 15) is 19.0 Å². The molecule has 1 N–H and O–H groups in total. The van der Waals surface area contributed by atoms with Gasteiger partial charge in [-0.25, -0.2) is 9.36 Å². The van der Waals surface area contributed by atoms with Crippen LogP contribution >= 0.6 is 7.82 Å². The SMILES string of the molecule is CCCCCCCCCCCCC/C=C/C=C/C(=O)O[C@H](COC(=O)CCCCCCCCCCC)COP(=O)(O)OCC[N+](C)(C)C. The van der Waals surface area contributed by atoms with Gasteiger partial charge in [0.2, 0.25) is 0 Å². The maximum absolute atomic E-state index is 12.5. The number of hydrogen-bond donors (Lipinski definition) is 1. The molecule has 0 saturated carbocycles. The predicted octanol–water partition coefficient (Wildman–Crippen LogP) is 10.0. The van der Waals surface area contributed by atoms with Gasteiger partial charge < -0.3 is 18.9 Å². The van der Waals surface area contributed by atoms with Crippen molar-refractivity contribution in [2.24, 2.45) is 0 Å². The maximum Gasteiger partial charge on any atom is 0.472 e. The second-order valence-corrected chi connectivity index (χ2v) is 15.5. The van der Waals surface area contributed by atoms with Gasteiger partial charge in [0.05, 0.1) is 27.7 Å². The predicted molar refractivity (Wildman–Crippen MR) is 197 cm³/mol. The number of esters is 2. The number of nitrogens with zero attached hydrogens (tertiary/aromatic N) is 1. The first-order valence-corrected chi connectivity index (χ1v) is 20.6. The molecule has 2 atom stereocenters. The molecule has 9 nitrogen and oxygen atoms in total. The van der Waals surface area contributed by atoms with Crippen LogP contribution in [0.3, 0.4) is 0 Å².